The van der Waals surface area contributed by atoms with Crippen molar-refractivity contribution in [1.82, 2.24) is 16.0 Å². The van der Waals surface area contributed by atoms with E-state index in [0.717, 1.165) is 82.3 Å². The Morgan fingerprint density at radius 3 is 1.11 bits per heavy atom. The highest BCUT2D eigenvalue weighted by Gasteiger charge is 2.04. The van der Waals surface area contributed by atoms with Gasteiger partial charge in [-0.1, -0.05) is 209 Å². The summed E-state index contributed by atoms with van der Waals surface area (Å²) in [5.41, 5.74) is 9.18. The van der Waals surface area contributed by atoms with Gasteiger partial charge in [-0.3, -0.25) is 14.4 Å². The van der Waals surface area contributed by atoms with Crippen molar-refractivity contribution in [3.8, 4) is 0 Å². The normalized spacial score (nSPS) is 9.42. The predicted octanol–water partition coefficient (Wildman–Crippen LogP) is 16.3. The molecule has 368 valence electrons. The lowest BCUT2D eigenvalue weighted by atomic mass is 10.1. The molecule has 0 saturated carbocycles. The maximum atomic E-state index is 11.5. The van der Waals surface area contributed by atoms with Crippen molar-refractivity contribution in [1.29, 1.82) is 0 Å². The summed E-state index contributed by atoms with van der Waals surface area (Å²) in [4.78, 5) is 34.0. The average Bonchev–Trinajstić information content (AvgIpc) is 3.29. The van der Waals surface area contributed by atoms with Gasteiger partial charge in [-0.2, -0.15) is 0 Å². The molecule has 0 aromatic heterocycles. The van der Waals surface area contributed by atoms with Crippen molar-refractivity contribution >= 4 is 17.6 Å². The van der Waals surface area contributed by atoms with Gasteiger partial charge in [0.25, 0.3) is 11.8 Å². The molecule has 65 heavy (non-hydrogen) atoms. The van der Waals surface area contributed by atoms with Crippen LogP contribution in [0.4, 0.5) is 0 Å². The van der Waals surface area contributed by atoms with Crippen molar-refractivity contribution in [2.24, 2.45) is 0 Å². The Kier molecular flexibility index (Phi) is 48.9. The first-order valence-electron chi connectivity index (χ1n) is 24.3. The van der Waals surface area contributed by atoms with Crippen molar-refractivity contribution in [3.05, 3.63) is 142 Å². The molecule has 0 atom stereocenters. The van der Waals surface area contributed by atoms with E-state index in [4.69, 9.17) is 0 Å². The van der Waals surface area contributed by atoms with E-state index < -0.39 is 0 Å². The van der Waals surface area contributed by atoms with Crippen LogP contribution in [0.2, 0.25) is 0 Å². The van der Waals surface area contributed by atoms with Gasteiger partial charge in [0, 0.05) is 43.6 Å². The molecule has 6 nitrogen and oxygen atoms in total. The van der Waals surface area contributed by atoms with Crippen LogP contribution >= 0.6 is 0 Å². The summed E-state index contributed by atoms with van der Waals surface area (Å²) >= 11 is 0. The second kappa shape index (κ2) is 47.4. The van der Waals surface area contributed by atoms with Gasteiger partial charge in [0.1, 0.15) is 5.78 Å². The lowest BCUT2D eigenvalue weighted by molar-refractivity contribution is -0.119. The lowest BCUT2D eigenvalue weighted by Crippen LogP contribution is -2.24. The molecule has 0 spiro atoms. The SMILES string of the molecule is C.C.CCCC.CCCCCCCC(=O)CCC.CCCCNC(=O)c1ccc(C)cc1.CCCNC(=O)c1ccc(C)cc1.CCCNCc1ccc(C)cc1.Cc1ccc(C)cc1. The summed E-state index contributed by atoms with van der Waals surface area (Å²) in [5, 5.41) is 9.08. The van der Waals surface area contributed by atoms with Crippen LogP contribution in [0.3, 0.4) is 0 Å². The fourth-order valence-electron chi connectivity index (χ4n) is 5.31. The van der Waals surface area contributed by atoms with Gasteiger partial charge in [-0.15, -0.1) is 0 Å². The fraction of sp³-hybridized carbons (Fsp3) is 0.542. The topological polar surface area (TPSA) is 87.3 Å². The number of Topliss-reactive ketones (excluding diaryl/α,β-unsaturated/α-hetero) is 1. The number of nitrogens with one attached hydrogen (secondary N) is 3. The third-order valence-corrected chi connectivity index (χ3v) is 9.66. The van der Waals surface area contributed by atoms with E-state index in [-0.39, 0.29) is 26.7 Å². The first-order valence-corrected chi connectivity index (χ1v) is 24.3. The third kappa shape index (κ3) is 41.9. The summed E-state index contributed by atoms with van der Waals surface area (Å²) in [7, 11) is 0. The molecule has 4 aromatic carbocycles. The first-order chi connectivity index (χ1) is 30.3. The van der Waals surface area contributed by atoms with Crippen molar-refractivity contribution in [2.45, 2.75) is 194 Å². The van der Waals surface area contributed by atoms with Gasteiger partial charge in [0.2, 0.25) is 0 Å². The molecule has 0 saturated heterocycles. The predicted molar refractivity (Wildman–Crippen MR) is 289 cm³/mol. The van der Waals surface area contributed by atoms with Crippen molar-refractivity contribution in [2.75, 3.05) is 19.6 Å². The molecule has 0 radical (unpaired) electrons. The zero-order valence-electron chi connectivity index (χ0n) is 42.2. The highest BCUT2D eigenvalue weighted by molar-refractivity contribution is 5.94. The van der Waals surface area contributed by atoms with Crippen LogP contribution in [0.5, 0.6) is 0 Å². The number of carbonyl (C=O) groups is 3. The van der Waals surface area contributed by atoms with Crippen molar-refractivity contribution < 1.29 is 14.4 Å². The minimum Gasteiger partial charge on any atom is -0.352 e. The maximum absolute atomic E-state index is 11.5. The molecule has 4 aromatic rings. The summed E-state index contributed by atoms with van der Waals surface area (Å²) in [6, 6.07) is 32.4. The fourth-order valence-corrected chi connectivity index (χ4v) is 5.31. The third-order valence-electron chi connectivity index (χ3n) is 9.66. The van der Waals surface area contributed by atoms with E-state index in [1.165, 1.54) is 78.3 Å². The van der Waals surface area contributed by atoms with Crippen LogP contribution in [0.25, 0.3) is 0 Å². The smallest absolute Gasteiger partial charge is 0.251 e. The molecular formula is C59H99N3O3. The van der Waals surface area contributed by atoms with Gasteiger partial charge in [-0.05, 0) is 103 Å². The van der Waals surface area contributed by atoms with Crippen LogP contribution < -0.4 is 16.0 Å². The molecule has 0 fully saturated rings. The van der Waals surface area contributed by atoms with Gasteiger partial charge >= 0.3 is 0 Å². The summed E-state index contributed by atoms with van der Waals surface area (Å²) < 4.78 is 0. The molecule has 0 unspecified atom stereocenters. The van der Waals surface area contributed by atoms with E-state index in [1.807, 2.05) is 69.3 Å². The molecule has 0 bridgehead atoms. The number of amides is 2. The number of benzene rings is 4. The van der Waals surface area contributed by atoms with Crippen LogP contribution in [0, 0.1) is 34.6 Å². The van der Waals surface area contributed by atoms with Gasteiger partial charge in [0.05, 0.1) is 0 Å². The highest BCUT2D eigenvalue weighted by Crippen LogP contribution is 2.08. The van der Waals surface area contributed by atoms with Crippen LogP contribution in [-0.4, -0.2) is 37.2 Å². The van der Waals surface area contributed by atoms with E-state index in [1.54, 1.807) is 0 Å². The van der Waals surface area contributed by atoms with E-state index in [9.17, 15) is 14.4 Å². The lowest BCUT2D eigenvalue weighted by Gasteiger charge is -2.03. The number of unbranched alkanes of at least 4 members (excludes halogenated alkanes) is 6. The molecule has 0 aliphatic heterocycles. The molecule has 0 aliphatic rings. The van der Waals surface area contributed by atoms with Crippen LogP contribution in [0.1, 0.15) is 207 Å². The van der Waals surface area contributed by atoms with E-state index in [0.29, 0.717) is 5.78 Å². The number of rotatable bonds is 20. The van der Waals surface area contributed by atoms with E-state index >= 15 is 0 Å². The Morgan fingerprint density at radius 1 is 0.369 bits per heavy atom. The standard InChI is InChI=1S/C12H17NO.C11H15NO.C11H17N.C11H22O.C8H10.C4H10.2CH4/c1-3-4-9-13-12(14)11-7-5-10(2)6-8-11;1-3-8-12-11(13)10-6-4-9(2)5-7-10;1-3-8-12-9-11-6-4-10(2)5-7-11;1-3-5-6-7-8-10-11(12)9-4-2;1-7-3-5-8(2)6-4-7;1-3-4-2;;/h5-8H,3-4,9H2,1-2H3,(H,13,14);4-7H,3,8H2,1-2H3,(H,12,13);4-7,12H,3,8-9H2,1-2H3;3-10H2,1-2H3;3-6H,1-2H3;3-4H2,1-2H3;2*1H4. The maximum Gasteiger partial charge on any atom is 0.251 e. The Morgan fingerprint density at radius 2 is 0.738 bits per heavy atom. The molecule has 3 N–H and O–H groups in total. The second-order valence-corrected chi connectivity index (χ2v) is 16.4. The quantitative estimate of drug-likeness (QED) is 0.0771. The number of hydrogen-bond acceptors (Lipinski definition) is 4. The minimum absolute atomic E-state index is 0. The van der Waals surface area contributed by atoms with E-state index in [2.05, 4.69) is 127 Å². The minimum atomic E-state index is 0. The van der Waals surface area contributed by atoms with Crippen LogP contribution in [-0.2, 0) is 11.3 Å². The summed E-state index contributed by atoms with van der Waals surface area (Å²) in [6.45, 7) is 28.9. The van der Waals surface area contributed by atoms with Crippen molar-refractivity contribution in [3.63, 3.8) is 0 Å². The van der Waals surface area contributed by atoms with Gasteiger partial charge < -0.3 is 16.0 Å². The molecule has 0 heterocycles. The molecule has 0 aliphatic carbocycles. The largest absolute Gasteiger partial charge is 0.352 e. The molecule has 6 heteroatoms. The Balaban J connectivity index is -0.000000350. The monoisotopic (exact) mass is 898 g/mol. The summed E-state index contributed by atoms with van der Waals surface area (Å²) in [6.07, 6.45) is 15.8. The summed E-state index contributed by atoms with van der Waals surface area (Å²) in [5.74, 6) is 0.495. The number of aryl methyl sites for hydroxylation is 5. The zero-order valence-corrected chi connectivity index (χ0v) is 42.2. The second-order valence-electron chi connectivity index (χ2n) is 16.4. The van der Waals surface area contributed by atoms with Gasteiger partial charge in [0.15, 0.2) is 0 Å². The Labute approximate surface area is 402 Å². The Hall–Kier alpha value is -4.55. The number of hydrogen-bond donors (Lipinski definition) is 3. The van der Waals surface area contributed by atoms with Crippen LogP contribution in [0.15, 0.2) is 97.1 Å². The average molecular weight is 898 g/mol. The molecule has 4 rings (SSSR count). The first kappa shape index (κ1) is 67.0. The highest BCUT2D eigenvalue weighted by atomic mass is 16.2. The number of ketones is 1. The molecule has 2 amide bonds. The number of carbonyl (C=O) groups excluding carboxylic acids is 3. The molecular weight excluding hydrogens is 799 g/mol. The van der Waals surface area contributed by atoms with Gasteiger partial charge in [-0.25, -0.2) is 0 Å². The zero-order chi connectivity index (χ0) is 47.5. The Bertz CT molecular complexity index is 1620.